The molecule has 0 saturated heterocycles. The Bertz CT molecular complexity index is 2550. The third kappa shape index (κ3) is 16.0. The van der Waals surface area contributed by atoms with Crippen molar-refractivity contribution in [3.63, 3.8) is 0 Å². The fourth-order valence-electron chi connectivity index (χ4n) is 4.51. The van der Waals surface area contributed by atoms with Crippen molar-refractivity contribution in [3.05, 3.63) is 193 Å². The minimum absolute atomic E-state index is 0.0195. The molecule has 20 nitrogen and oxygen atoms in total. The number of carbonyl (C=O) groups excluding carboxylic acids is 1. The van der Waals surface area contributed by atoms with Crippen LogP contribution in [0.4, 0.5) is 0 Å². The van der Waals surface area contributed by atoms with Gasteiger partial charge in [-0.05, 0) is 72.8 Å². The summed E-state index contributed by atoms with van der Waals surface area (Å²) in [6, 6.07) is 41.4. The average molecular weight is 879 g/mol. The number of carboxylic acid groups (broad SMARTS) is 3. The van der Waals surface area contributed by atoms with E-state index in [0.29, 0.717) is 23.0 Å². The van der Waals surface area contributed by atoms with Crippen LogP contribution in [0, 0.1) is 0 Å². The molecule has 3 N–H and O–H groups in total. The first-order valence-electron chi connectivity index (χ1n) is 18.6. The molecule has 0 saturated carbocycles. The molecule has 8 rings (SSSR count). The highest BCUT2D eigenvalue weighted by atomic mass is 16.5. The molecule has 0 spiro atoms. The van der Waals surface area contributed by atoms with E-state index >= 15 is 0 Å². The molecule has 8 aromatic rings. The first-order chi connectivity index (χ1) is 31.6. The molecule has 0 unspecified atom stereocenters. The standard InChI is InChI=1S/C12H10N2O3.3C11H8N2O3/c1-16-11(15)10-7-8-13-12(14-10)17-9-5-3-2-4-6-9;3*14-10(15)9-6-7-12-11(13-9)16-8-4-2-1-3-5-8/h2-8H,1H3;3*1-7H,(H,14,15). The molecule has 0 fully saturated rings. The molecule has 0 aliphatic heterocycles. The molecular formula is C45H34N8O12. The van der Waals surface area contributed by atoms with E-state index in [1.54, 1.807) is 84.9 Å². The summed E-state index contributed by atoms with van der Waals surface area (Å²) in [4.78, 5) is 73.7. The number of hydrogen-bond acceptors (Lipinski definition) is 17. The predicted octanol–water partition coefficient (Wildman–Crippen LogP) is 7.96. The second-order valence-electron chi connectivity index (χ2n) is 12.0. The van der Waals surface area contributed by atoms with Crippen molar-refractivity contribution in [1.82, 2.24) is 39.9 Å². The Hall–Kier alpha value is -9.72. The molecule has 4 aromatic heterocycles. The number of benzene rings is 4. The normalized spacial score (nSPS) is 9.74. The predicted molar refractivity (Wildman–Crippen MR) is 226 cm³/mol. The molecular weight excluding hydrogens is 845 g/mol. The van der Waals surface area contributed by atoms with Crippen LogP contribution in [0.3, 0.4) is 0 Å². The SMILES string of the molecule is COC(=O)c1ccnc(Oc2ccccc2)n1.O=C(O)c1ccnc(Oc2ccccc2)n1.O=C(O)c1ccnc(Oc2ccccc2)n1.O=C(O)c1ccnc(Oc2ccccc2)n1. The van der Waals surface area contributed by atoms with Gasteiger partial charge in [0.05, 0.1) is 7.11 Å². The van der Waals surface area contributed by atoms with Crippen molar-refractivity contribution in [2.24, 2.45) is 0 Å². The van der Waals surface area contributed by atoms with Gasteiger partial charge in [0.25, 0.3) is 0 Å². The van der Waals surface area contributed by atoms with Crippen LogP contribution in [-0.4, -0.2) is 86.2 Å². The van der Waals surface area contributed by atoms with Crippen LogP contribution < -0.4 is 18.9 Å². The van der Waals surface area contributed by atoms with Gasteiger partial charge in [-0.2, -0.15) is 19.9 Å². The van der Waals surface area contributed by atoms with Gasteiger partial charge >= 0.3 is 47.9 Å². The van der Waals surface area contributed by atoms with Gasteiger partial charge in [0.2, 0.25) is 0 Å². The van der Waals surface area contributed by atoms with E-state index in [4.69, 9.17) is 34.3 Å². The van der Waals surface area contributed by atoms with Crippen LogP contribution in [-0.2, 0) is 4.74 Å². The fourth-order valence-corrected chi connectivity index (χ4v) is 4.51. The minimum atomic E-state index is -1.11. The largest absolute Gasteiger partial charge is 0.477 e. The highest BCUT2D eigenvalue weighted by Gasteiger charge is 2.11. The van der Waals surface area contributed by atoms with E-state index in [1.807, 2.05) is 36.4 Å². The van der Waals surface area contributed by atoms with Gasteiger partial charge in [-0.1, -0.05) is 72.8 Å². The van der Waals surface area contributed by atoms with Gasteiger partial charge in [-0.25, -0.2) is 39.1 Å². The van der Waals surface area contributed by atoms with Gasteiger partial charge in [-0.15, -0.1) is 0 Å². The maximum Gasteiger partial charge on any atom is 0.356 e. The first kappa shape index (κ1) is 46.3. The van der Waals surface area contributed by atoms with Gasteiger partial charge in [0, 0.05) is 24.8 Å². The van der Waals surface area contributed by atoms with Crippen LogP contribution in [0.15, 0.2) is 170 Å². The first-order valence-corrected chi connectivity index (χ1v) is 18.6. The van der Waals surface area contributed by atoms with E-state index in [1.165, 1.54) is 56.2 Å². The zero-order valence-electron chi connectivity index (χ0n) is 33.8. The summed E-state index contributed by atoms with van der Waals surface area (Å²) in [7, 11) is 1.29. The van der Waals surface area contributed by atoms with Crippen LogP contribution in [0.1, 0.15) is 42.0 Å². The molecule has 4 heterocycles. The molecule has 4 aromatic carbocycles. The lowest BCUT2D eigenvalue weighted by Gasteiger charge is -2.04. The number of esters is 1. The Morgan fingerprint density at radius 1 is 0.354 bits per heavy atom. The van der Waals surface area contributed by atoms with Crippen molar-refractivity contribution in [3.8, 4) is 47.0 Å². The van der Waals surface area contributed by atoms with Crippen molar-refractivity contribution in [2.45, 2.75) is 0 Å². The smallest absolute Gasteiger partial charge is 0.356 e. The number of ether oxygens (including phenoxy) is 5. The Morgan fingerprint density at radius 2 is 0.585 bits per heavy atom. The maximum atomic E-state index is 11.3. The second-order valence-corrected chi connectivity index (χ2v) is 12.0. The molecule has 0 aliphatic carbocycles. The third-order valence-electron chi connectivity index (χ3n) is 7.40. The van der Waals surface area contributed by atoms with Crippen molar-refractivity contribution < 1.29 is 58.2 Å². The van der Waals surface area contributed by atoms with Gasteiger partial charge in [0.1, 0.15) is 23.0 Å². The Balaban J connectivity index is 0.000000163. The molecule has 0 aliphatic rings. The average Bonchev–Trinajstić information content (AvgIpc) is 3.33. The van der Waals surface area contributed by atoms with Gasteiger partial charge in [-0.3, -0.25) is 0 Å². The summed E-state index contributed by atoms with van der Waals surface area (Å²) >= 11 is 0. The number of carbonyl (C=O) groups is 4. The second kappa shape index (κ2) is 24.5. The third-order valence-corrected chi connectivity index (χ3v) is 7.40. The quantitative estimate of drug-likeness (QED) is 0.0981. The van der Waals surface area contributed by atoms with E-state index in [0.717, 1.165) is 0 Å². The highest BCUT2D eigenvalue weighted by molar-refractivity contribution is 5.87. The number of rotatable bonds is 12. The van der Waals surface area contributed by atoms with Crippen LogP contribution in [0.5, 0.6) is 47.0 Å². The number of aromatic carboxylic acids is 3. The summed E-state index contributed by atoms with van der Waals surface area (Å²) in [6.07, 6.45) is 5.47. The Labute approximate surface area is 368 Å². The van der Waals surface area contributed by atoms with Gasteiger partial charge in [0.15, 0.2) is 22.8 Å². The van der Waals surface area contributed by atoms with Crippen LogP contribution >= 0.6 is 0 Å². The van der Waals surface area contributed by atoms with E-state index in [2.05, 4.69) is 44.6 Å². The molecule has 20 heteroatoms. The number of aromatic nitrogens is 8. The van der Waals surface area contributed by atoms with Crippen molar-refractivity contribution in [2.75, 3.05) is 7.11 Å². The summed E-state index contributed by atoms with van der Waals surface area (Å²) in [5.74, 6) is -1.57. The minimum Gasteiger partial charge on any atom is -0.477 e. The zero-order valence-corrected chi connectivity index (χ0v) is 33.8. The van der Waals surface area contributed by atoms with Gasteiger partial charge < -0.3 is 39.0 Å². The van der Waals surface area contributed by atoms with E-state index in [-0.39, 0.29) is 46.8 Å². The lowest BCUT2D eigenvalue weighted by molar-refractivity contribution is 0.0590. The summed E-state index contributed by atoms with van der Waals surface area (Å²) in [5, 5.41) is 26.2. The van der Waals surface area contributed by atoms with Crippen LogP contribution in [0.2, 0.25) is 0 Å². The number of para-hydroxylation sites is 4. The maximum absolute atomic E-state index is 11.3. The number of nitrogens with zero attached hydrogens (tertiary/aromatic N) is 8. The number of hydrogen-bond donors (Lipinski definition) is 3. The highest BCUT2D eigenvalue weighted by Crippen LogP contribution is 2.19. The lowest BCUT2D eigenvalue weighted by Crippen LogP contribution is -2.05. The van der Waals surface area contributed by atoms with Crippen molar-refractivity contribution in [1.29, 1.82) is 0 Å². The Morgan fingerprint density at radius 3 is 0.815 bits per heavy atom. The Kier molecular flexibility index (Phi) is 17.5. The van der Waals surface area contributed by atoms with Crippen molar-refractivity contribution >= 4 is 23.9 Å². The van der Waals surface area contributed by atoms with Crippen LogP contribution in [0.25, 0.3) is 0 Å². The lowest BCUT2D eigenvalue weighted by atomic mass is 10.3. The molecule has 0 atom stereocenters. The number of carboxylic acids is 3. The zero-order chi connectivity index (χ0) is 46.2. The van der Waals surface area contributed by atoms with E-state index < -0.39 is 23.9 Å². The summed E-state index contributed by atoms with van der Waals surface area (Å²) in [5.41, 5.74) is -0.128. The molecule has 65 heavy (non-hydrogen) atoms. The van der Waals surface area contributed by atoms with E-state index in [9.17, 15) is 19.2 Å². The number of methoxy groups -OCH3 is 1. The molecule has 0 amide bonds. The summed E-state index contributed by atoms with van der Waals surface area (Å²) in [6.45, 7) is 0. The summed E-state index contributed by atoms with van der Waals surface area (Å²) < 4.78 is 25.8. The topological polar surface area (TPSA) is 278 Å². The molecule has 0 radical (unpaired) electrons. The monoisotopic (exact) mass is 878 g/mol. The fraction of sp³-hybridized carbons (Fsp3) is 0.0222. The molecule has 326 valence electrons. The molecule has 0 bridgehead atoms.